The van der Waals surface area contributed by atoms with Crippen molar-refractivity contribution in [3.63, 3.8) is 0 Å². The predicted octanol–water partition coefficient (Wildman–Crippen LogP) is 3.51. The first kappa shape index (κ1) is 20.8. The molecule has 0 aliphatic heterocycles. The average molecular weight is 352 g/mol. The van der Waals surface area contributed by atoms with Crippen molar-refractivity contribution in [1.82, 2.24) is 10.6 Å². The van der Waals surface area contributed by atoms with Gasteiger partial charge >= 0.3 is 0 Å². The highest BCUT2D eigenvalue weighted by Gasteiger charge is 2.11. The Balaban J connectivity index is 2.59. The van der Waals surface area contributed by atoms with Crippen LogP contribution < -0.4 is 10.6 Å². The number of nitrogens with one attached hydrogen (secondary N) is 2. The first-order valence-corrected chi connectivity index (χ1v) is 10.1. The van der Waals surface area contributed by atoms with Gasteiger partial charge in [-0.15, -0.1) is 11.8 Å². The van der Waals surface area contributed by atoms with E-state index in [9.17, 15) is 5.11 Å². The molecule has 5 heteroatoms. The van der Waals surface area contributed by atoms with E-state index in [0.717, 1.165) is 31.9 Å². The second-order valence-corrected chi connectivity index (χ2v) is 7.31. The quantitative estimate of drug-likeness (QED) is 0.343. The van der Waals surface area contributed by atoms with Gasteiger partial charge < -0.3 is 15.7 Å². The van der Waals surface area contributed by atoms with Gasteiger partial charge in [-0.05, 0) is 55.6 Å². The molecule has 0 bridgehead atoms. The lowest BCUT2D eigenvalue weighted by atomic mass is 9.94. The van der Waals surface area contributed by atoms with E-state index in [4.69, 9.17) is 0 Å². The minimum absolute atomic E-state index is 0.245. The van der Waals surface area contributed by atoms with Gasteiger partial charge in [-0.25, -0.2) is 4.99 Å². The Bertz CT molecular complexity index is 474. The largest absolute Gasteiger partial charge is 0.396 e. The minimum atomic E-state index is 0.245. The van der Waals surface area contributed by atoms with Gasteiger partial charge in [0.05, 0.1) is 6.54 Å². The molecule has 4 nitrogen and oxygen atoms in total. The van der Waals surface area contributed by atoms with Crippen LogP contribution in [-0.4, -0.2) is 37.0 Å². The molecule has 1 aromatic carbocycles. The van der Waals surface area contributed by atoms with Crippen LogP contribution in [0.3, 0.4) is 0 Å². The maximum atomic E-state index is 9.24. The molecule has 0 spiro atoms. The van der Waals surface area contributed by atoms with Crippen molar-refractivity contribution in [1.29, 1.82) is 0 Å². The standard InChI is InChI=1S/C19H33N3OS/c1-5-20-19(22-14-17(10-11-23)12-15(2)3)21-13-16-6-8-18(24-4)9-7-16/h6-9,15,17,23H,5,10-14H2,1-4H3,(H2,20,21,22). The molecule has 1 unspecified atom stereocenters. The number of hydrogen-bond donors (Lipinski definition) is 3. The Kier molecular flexibility index (Phi) is 10.6. The molecule has 0 heterocycles. The molecule has 0 aliphatic rings. The van der Waals surface area contributed by atoms with Crippen LogP contribution in [0, 0.1) is 11.8 Å². The molecular formula is C19H33N3OS. The van der Waals surface area contributed by atoms with Crippen LogP contribution in [0.15, 0.2) is 34.2 Å². The average Bonchev–Trinajstić information content (AvgIpc) is 2.57. The van der Waals surface area contributed by atoms with Gasteiger partial charge in [0.2, 0.25) is 0 Å². The first-order chi connectivity index (χ1) is 11.6. The van der Waals surface area contributed by atoms with Gasteiger partial charge in [0.1, 0.15) is 0 Å². The molecule has 1 aromatic rings. The predicted molar refractivity (Wildman–Crippen MR) is 106 cm³/mol. The highest BCUT2D eigenvalue weighted by atomic mass is 32.2. The van der Waals surface area contributed by atoms with Crippen LogP contribution in [0.4, 0.5) is 0 Å². The van der Waals surface area contributed by atoms with Crippen molar-refractivity contribution in [2.24, 2.45) is 16.8 Å². The lowest BCUT2D eigenvalue weighted by molar-refractivity contribution is 0.243. The van der Waals surface area contributed by atoms with Gasteiger partial charge in [0.25, 0.3) is 0 Å². The topological polar surface area (TPSA) is 56.7 Å². The third-order valence-electron chi connectivity index (χ3n) is 3.82. The highest BCUT2D eigenvalue weighted by molar-refractivity contribution is 7.98. The maximum Gasteiger partial charge on any atom is 0.191 e. The second-order valence-electron chi connectivity index (χ2n) is 6.43. The number of benzene rings is 1. The highest BCUT2D eigenvalue weighted by Crippen LogP contribution is 2.16. The van der Waals surface area contributed by atoms with Crippen LogP contribution in [0.1, 0.15) is 39.2 Å². The van der Waals surface area contributed by atoms with E-state index in [-0.39, 0.29) is 6.61 Å². The summed E-state index contributed by atoms with van der Waals surface area (Å²) in [5.74, 6) is 1.95. The van der Waals surface area contributed by atoms with E-state index in [1.54, 1.807) is 11.8 Å². The maximum absolute atomic E-state index is 9.24. The van der Waals surface area contributed by atoms with E-state index in [2.05, 4.69) is 66.9 Å². The summed E-state index contributed by atoms with van der Waals surface area (Å²) in [5, 5.41) is 16.0. The number of aliphatic imine (C=N–C) groups is 1. The summed E-state index contributed by atoms with van der Waals surface area (Å²) in [7, 11) is 0. The molecule has 0 radical (unpaired) electrons. The zero-order valence-electron chi connectivity index (χ0n) is 15.5. The van der Waals surface area contributed by atoms with Crippen molar-refractivity contribution >= 4 is 17.7 Å². The van der Waals surface area contributed by atoms with Gasteiger partial charge in [0, 0.05) is 24.6 Å². The van der Waals surface area contributed by atoms with Crippen molar-refractivity contribution in [2.45, 2.75) is 45.1 Å². The summed E-state index contributed by atoms with van der Waals surface area (Å²) in [6, 6.07) is 8.53. The molecule has 1 atom stereocenters. The summed E-state index contributed by atoms with van der Waals surface area (Å²) in [6.07, 6.45) is 4.03. The Morgan fingerprint density at radius 3 is 2.46 bits per heavy atom. The molecular weight excluding hydrogens is 318 g/mol. The number of aliphatic hydroxyl groups is 1. The third kappa shape index (κ3) is 8.60. The van der Waals surface area contributed by atoms with E-state index >= 15 is 0 Å². The molecule has 0 saturated carbocycles. The third-order valence-corrected chi connectivity index (χ3v) is 4.57. The molecule has 0 aromatic heterocycles. The van der Waals surface area contributed by atoms with E-state index in [0.29, 0.717) is 18.4 Å². The number of guanidine groups is 1. The molecule has 24 heavy (non-hydrogen) atoms. The zero-order valence-corrected chi connectivity index (χ0v) is 16.3. The normalized spacial score (nSPS) is 13.2. The minimum Gasteiger partial charge on any atom is -0.396 e. The van der Waals surface area contributed by atoms with E-state index < -0.39 is 0 Å². The molecule has 3 N–H and O–H groups in total. The van der Waals surface area contributed by atoms with Gasteiger partial charge in [-0.2, -0.15) is 0 Å². The molecule has 0 fully saturated rings. The number of thioether (sulfide) groups is 1. The Hall–Kier alpha value is -1.20. The van der Waals surface area contributed by atoms with Crippen molar-refractivity contribution in [3.05, 3.63) is 29.8 Å². The summed E-state index contributed by atoms with van der Waals surface area (Å²) in [4.78, 5) is 5.95. The van der Waals surface area contributed by atoms with Crippen molar-refractivity contribution in [3.8, 4) is 0 Å². The van der Waals surface area contributed by atoms with Crippen LogP contribution in [0.25, 0.3) is 0 Å². The molecule has 1 rings (SSSR count). The van der Waals surface area contributed by atoms with Crippen LogP contribution in [0.2, 0.25) is 0 Å². The molecule has 0 saturated heterocycles. The van der Waals surface area contributed by atoms with Crippen LogP contribution in [-0.2, 0) is 6.54 Å². The van der Waals surface area contributed by atoms with Crippen LogP contribution in [0.5, 0.6) is 0 Å². The Morgan fingerprint density at radius 1 is 1.21 bits per heavy atom. The summed E-state index contributed by atoms with van der Waals surface area (Å²) >= 11 is 1.75. The fourth-order valence-electron chi connectivity index (χ4n) is 2.64. The Labute approximate surface area is 151 Å². The lowest BCUT2D eigenvalue weighted by Crippen LogP contribution is -2.40. The van der Waals surface area contributed by atoms with Gasteiger partial charge in [0.15, 0.2) is 5.96 Å². The lowest BCUT2D eigenvalue weighted by Gasteiger charge is -2.20. The molecule has 0 aliphatic carbocycles. The monoisotopic (exact) mass is 351 g/mol. The zero-order chi connectivity index (χ0) is 17.8. The van der Waals surface area contributed by atoms with Crippen molar-refractivity contribution < 1.29 is 5.11 Å². The number of nitrogens with zero attached hydrogens (tertiary/aromatic N) is 1. The van der Waals surface area contributed by atoms with Crippen LogP contribution >= 0.6 is 11.8 Å². The first-order valence-electron chi connectivity index (χ1n) is 8.85. The SMILES string of the molecule is CCNC(=NCc1ccc(SC)cc1)NCC(CCO)CC(C)C. The fraction of sp³-hybridized carbons (Fsp3) is 0.632. The smallest absolute Gasteiger partial charge is 0.191 e. The number of aliphatic hydroxyl groups excluding tert-OH is 1. The summed E-state index contributed by atoms with van der Waals surface area (Å²) < 4.78 is 0. The van der Waals surface area contributed by atoms with Gasteiger partial charge in [-0.3, -0.25) is 0 Å². The van der Waals surface area contributed by atoms with Crippen molar-refractivity contribution in [2.75, 3.05) is 26.0 Å². The fourth-order valence-corrected chi connectivity index (χ4v) is 3.04. The summed E-state index contributed by atoms with van der Waals surface area (Å²) in [5.41, 5.74) is 1.21. The Morgan fingerprint density at radius 2 is 1.92 bits per heavy atom. The second kappa shape index (κ2) is 12.2. The van der Waals surface area contributed by atoms with E-state index in [1.807, 2.05) is 0 Å². The number of hydrogen-bond acceptors (Lipinski definition) is 3. The molecule has 136 valence electrons. The van der Waals surface area contributed by atoms with E-state index in [1.165, 1.54) is 10.5 Å². The summed E-state index contributed by atoms with van der Waals surface area (Å²) in [6.45, 7) is 9.11. The number of rotatable bonds is 10. The molecule has 0 amide bonds. The van der Waals surface area contributed by atoms with Gasteiger partial charge in [-0.1, -0.05) is 26.0 Å².